The van der Waals surface area contributed by atoms with Crippen molar-refractivity contribution in [1.82, 2.24) is 0 Å². The molecule has 20 heavy (non-hydrogen) atoms. The maximum atomic E-state index is 11.8. The number of hydrogen-bond acceptors (Lipinski definition) is 5. The molecule has 0 radical (unpaired) electrons. The summed E-state index contributed by atoms with van der Waals surface area (Å²) in [4.78, 5) is 21.8. The molecule has 1 aliphatic heterocycles. The molecule has 0 saturated carbocycles. The monoisotopic (exact) mass is 295 g/mol. The van der Waals surface area contributed by atoms with Gasteiger partial charge in [-0.15, -0.1) is 0 Å². The molecule has 0 amide bonds. The van der Waals surface area contributed by atoms with Gasteiger partial charge in [0.25, 0.3) is 5.69 Å². The molecule has 1 saturated heterocycles. The average Bonchev–Trinajstić information content (AvgIpc) is 3.15. The highest BCUT2D eigenvalue weighted by atomic mass is 28.3. The van der Waals surface area contributed by atoms with Crippen LogP contribution in [0, 0.1) is 10.1 Å². The van der Waals surface area contributed by atoms with Gasteiger partial charge in [-0.3, -0.25) is 10.1 Å². The van der Waals surface area contributed by atoms with Crippen LogP contribution in [0.2, 0.25) is 19.6 Å². The van der Waals surface area contributed by atoms with Crippen LogP contribution in [-0.2, 0) is 9.47 Å². The van der Waals surface area contributed by atoms with Gasteiger partial charge in [0.2, 0.25) is 0 Å². The van der Waals surface area contributed by atoms with Crippen LogP contribution in [0.25, 0.3) is 0 Å². The average molecular weight is 295 g/mol. The number of nitrogens with zero attached hydrogens (tertiary/aromatic N) is 1. The number of carbonyl (C=O) groups is 1. The SMILES string of the molecule is C[Si](C)(C)[C@@H]1O[C@H]1COC(=O)c1ccc([N+](=O)[O-])cc1. The zero-order valence-corrected chi connectivity index (χ0v) is 12.7. The zero-order valence-electron chi connectivity index (χ0n) is 11.7. The highest BCUT2D eigenvalue weighted by Crippen LogP contribution is 2.31. The van der Waals surface area contributed by atoms with Gasteiger partial charge in [-0.25, -0.2) is 4.79 Å². The van der Waals surface area contributed by atoms with Gasteiger partial charge in [0.1, 0.15) is 12.7 Å². The van der Waals surface area contributed by atoms with Crippen molar-refractivity contribution in [2.75, 3.05) is 6.61 Å². The first kappa shape index (κ1) is 14.7. The first-order valence-corrected chi connectivity index (χ1v) is 9.94. The van der Waals surface area contributed by atoms with Crippen LogP contribution in [0.4, 0.5) is 5.69 Å². The first-order chi connectivity index (χ1) is 9.29. The summed E-state index contributed by atoms with van der Waals surface area (Å²) in [5, 5.41) is 10.5. The van der Waals surface area contributed by atoms with E-state index in [0.717, 1.165) is 0 Å². The molecule has 1 aromatic rings. The molecule has 1 aromatic carbocycles. The smallest absolute Gasteiger partial charge is 0.338 e. The van der Waals surface area contributed by atoms with Gasteiger partial charge in [0.05, 0.1) is 24.3 Å². The van der Waals surface area contributed by atoms with Gasteiger partial charge in [-0.2, -0.15) is 0 Å². The molecule has 108 valence electrons. The Kier molecular flexibility index (Phi) is 3.91. The van der Waals surface area contributed by atoms with E-state index in [1.54, 1.807) is 0 Å². The molecule has 7 heteroatoms. The van der Waals surface area contributed by atoms with E-state index >= 15 is 0 Å². The number of ether oxygens (including phenoxy) is 2. The van der Waals surface area contributed by atoms with E-state index in [1.807, 2.05) is 0 Å². The Labute approximate surface area is 117 Å². The standard InChI is InChI=1S/C13H17NO5Si/c1-20(2,3)13-11(19-13)8-18-12(15)9-4-6-10(7-5-9)14(16)17/h4-7,11,13H,8H2,1-3H3/t11-,13-/m0/s1. The Hall–Kier alpha value is -1.73. The fraction of sp³-hybridized carbons (Fsp3) is 0.462. The molecule has 0 unspecified atom stereocenters. The molecular formula is C13H17NO5Si. The molecule has 0 spiro atoms. The largest absolute Gasteiger partial charge is 0.459 e. The topological polar surface area (TPSA) is 82.0 Å². The van der Waals surface area contributed by atoms with Crippen LogP contribution < -0.4 is 0 Å². The molecule has 1 fully saturated rings. The molecule has 6 nitrogen and oxygen atoms in total. The number of hydrogen-bond donors (Lipinski definition) is 0. The number of esters is 1. The van der Waals surface area contributed by atoms with Crippen molar-refractivity contribution < 1.29 is 19.2 Å². The fourth-order valence-electron chi connectivity index (χ4n) is 1.99. The molecule has 2 atom stereocenters. The summed E-state index contributed by atoms with van der Waals surface area (Å²) in [6.07, 6.45) is 0.00339. The summed E-state index contributed by atoms with van der Waals surface area (Å²) < 4.78 is 10.7. The second kappa shape index (κ2) is 5.33. The molecule has 0 aromatic heterocycles. The van der Waals surface area contributed by atoms with Crippen molar-refractivity contribution >= 4 is 19.7 Å². The van der Waals surface area contributed by atoms with Gasteiger partial charge in [-0.05, 0) is 12.1 Å². The van der Waals surface area contributed by atoms with Crippen LogP contribution >= 0.6 is 0 Å². The first-order valence-electron chi connectivity index (χ1n) is 6.36. The maximum absolute atomic E-state index is 11.8. The Morgan fingerprint density at radius 1 is 1.35 bits per heavy atom. The van der Waals surface area contributed by atoms with Crippen molar-refractivity contribution in [3.05, 3.63) is 39.9 Å². The highest BCUT2D eigenvalue weighted by molar-refractivity contribution is 6.78. The van der Waals surface area contributed by atoms with Gasteiger partial charge in [-0.1, -0.05) is 19.6 Å². The minimum absolute atomic E-state index is 0.00339. The highest BCUT2D eigenvalue weighted by Gasteiger charge is 2.48. The van der Waals surface area contributed by atoms with Crippen LogP contribution in [-0.4, -0.2) is 37.4 Å². The molecular weight excluding hydrogens is 278 g/mol. The molecule has 0 bridgehead atoms. The van der Waals surface area contributed by atoms with Gasteiger partial charge in [0.15, 0.2) is 0 Å². The number of nitro groups is 1. The summed E-state index contributed by atoms with van der Waals surface area (Å²) in [6.45, 7) is 6.85. The lowest BCUT2D eigenvalue weighted by Gasteiger charge is -2.11. The van der Waals surface area contributed by atoms with Gasteiger partial charge in [0, 0.05) is 12.1 Å². The summed E-state index contributed by atoms with van der Waals surface area (Å²) in [5.74, 6) is -0.482. The molecule has 2 rings (SSSR count). The van der Waals surface area contributed by atoms with Crippen molar-refractivity contribution in [2.45, 2.75) is 31.5 Å². The Balaban J connectivity index is 1.85. The number of rotatable bonds is 5. The molecule has 1 heterocycles. The summed E-state index contributed by atoms with van der Waals surface area (Å²) >= 11 is 0. The van der Waals surface area contributed by atoms with Crippen LogP contribution in [0.1, 0.15) is 10.4 Å². The van der Waals surface area contributed by atoms with E-state index in [9.17, 15) is 14.9 Å². The number of epoxide rings is 1. The fourth-order valence-corrected chi connectivity index (χ4v) is 3.79. The third kappa shape index (κ3) is 3.43. The van der Waals surface area contributed by atoms with E-state index in [2.05, 4.69) is 19.6 Å². The number of carbonyl (C=O) groups excluding carboxylic acids is 1. The predicted molar refractivity (Wildman–Crippen MR) is 75.4 cm³/mol. The molecule has 0 N–H and O–H groups in total. The summed E-state index contributed by atoms with van der Waals surface area (Å²) in [6, 6.07) is 5.36. The third-order valence-corrected chi connectivity index (χ3v) is 5.34. The van der Waals surface area contributed by atoms with E-state index < -0.39 is 19.0 Å². The zero-order chi connectivity index (χ0) is 14.9. The van der Waals surface area contributed by atoms with Crippen LogP contribution in [0.5, 0.6) is 0 Å². The predicted octanol–water partition coefficient (Wildman–Crippen LogP) is 2.40. The quantitative estimate of drug-likeness (QED) is 0.274. The Morgan fingerprint density at radius 3 is 2.40 bits per heavy atom. The van der Waals surface area contributed by atoms with Crippen LogP contribution in [0.3, 0.4) is 0 Å². The van der Waals surface area contributed by atoms with E-state index in [1.165, 1.54) is 24.3 Å². The van der Waals surface area contributed by atoms with E-state index in [0.29, 0.717) is 5.56 Å². The second-order valence-electron chi connectivity index (χ2n) is 5.86. The van der Waals surface area contributed by atoms with Gasteiger partial charge < -0.3 is 9.47 Å². The molecule has 1 aliphatic rings. The normalized spacial score (nSPS) is 21.4. The van der Waals surface area contributed by atoms with Crippen LogP contribution in [0.15, 0.2) is 24.3 Å². The van der Waals surface area contributed by atoms with E-state index in [-0.39, 0.29) is 24.1 Å². The minimum Gasteiger partial charge on any atom is -0.459 e. The Bertz CT molecular complexity index is 523. The summed E-state index contributed by atoms with van der Waals surface area (Å²) in [5.41, 5.74) is 0.499. The van der Waals surface area contributed by atoms with Crippen molar-refractivity contribution in [3.63, 3.8) is 0 Å². The Morgan fingerprint density at radius 2 is 1.95 bits per heavy atom. The lowest BCUT2D eigenvalue weighted by molar-refractivity contribution is -0.384. The third-order valence-electron chi connectivity index (χ3n) is 3.13. The van der Waals surface area contributed by atoms with Gasteiger partial charge >= 0.3 is 5.97 Å². The number of nitro benzene ring substituents is 1. The number of benzene rings is 1. The number of non-ortho nitro benzene ring substituents is 1. The molecule has 0 aliphatic carbocycles. The maximum Gasteiger partial charge on any atom is 0.338 e. The van der Waals surface area contributed by atoms with Crippen molar-refractivity contribution in [1.29, 1.82) is 0 Å². The van der Waals surface area contributed by atoms with Crippen molar-refractivity contribution in [3.8, 4) is 0 Å². The minimum atomic E-state index is -1.35. The lowest BCUT2D eigenvalue weighted by atomic mass is 10.2. The van der Waals surface area contributed by atoms with E-state index in [4.69, 9.17) is 9.47 Å². The summed E-state index contributed by atoms with van der Waals surface area (Å²) in [7, 11) is -1.35. The second-order valence-corrected chi connectivity index (χ2v) is 11.2. The lowest BCUT2D eigenvalue weighted by Crippen LogP contribution is -2.31. The van der Waals surface area contributed by atoms with Crippen molar-refractivity contribution in [2.24, 2.45) is 0 Å².